The van der Waals surface area contributed by atoms with Gasteiger partial charge in [-0.2, -0.15) is 0 Å². The molecule has 0 aliphatic carbocycles. The first kappa shape index (κ1) is 11.3. The second-order valence-corrected chi connectivity index (χ2v) is 3.68. The standard InChI is InChI=1S/C10H11Cl2NO/c1-2-14-10(13)5-7-3-8(11)6-9(12)4-7/h3-4,6,13H,2,5H2,1H3. The monoisotopic (exact) mass is 231 g/mol. The molecule has 0 bridgehead atoms. The molecular weight excluding hydrogens is 221 g/mol. The van der Waals surface area contributed by atoms with Crippen molar-refractivity contribution in [3.8, 4) is 0 Å². The highest BCUT2D eigenvalue weighted by atomic mass is 35.5. The van der Waals surface area contributed by atoms with Gasteiger partial charge in [0.15, 0.2) is 5.90 Å². The summed E-state index contributed by atoms with van der Waals surface area (Å²) in [5, 5.41) is 8.62. The maximum absolute atomic E-state index is 7.46. The Balaban J connectivity index is 2.71. The summed E-state index contributed by atoms with van der Waals surface area (Å²) in [6, 6.07) is 5.22. The van der Waals surface area contributed by atoms with Crippen molar-refractivity contribution in [1.29, 1.82) is 5.41 Å². The molecule has 1 rings (SSSR count). The predicted octanol–water partition coefficient (Wildman–Crippen LogP) is 3.55. The average Bonchev–Trinajstić information content (AvgIpc) is 2.01. The van der Waals surface area contributed by atoms with Crippen molar-refractivity contribution >= 4 is 29.1 Å². The topological polar surface area (TPSA) is 33.1 Å². The Morgan fingerprint density at radius 1 is 1.29 bits per heavy atom. The second-order valence-electron chi connectivity index (χ2n) is 2.81. The number of halogens is 2. The van der Waals surface area contributed by atoms with E-state index in [4.69, 9.17) is 33.3 Å². The van der Waals surface area contributed by atoms with Crippen LogP contribution in [0, 0.1) is 5.41 Å². The summed E-state index contributed by atoms with van der Waals surface area (Å²) in [5.41, 5.74) is 0.890. The van der Waals surface area contributed by atoms with E-state index >= 15 is 0 Å². The van der Waals surface area contributed by atoms with Gasteiger partial charge in [0.05, 0.1) is 6.61 Å². The Kier molecular flexibility index (Phi) is 4.23. The van der Waals surface area contributed by atoms with Crippen molar-refractivity contribution in [2.45, 2.75) is 13.3 Å². The van der Waals surface area contributed by atoms with Crippen LogP contribution in [0.4, 0.5) is 0 Å². The molecule has 0 spiro atoms. The molecule has 0 aliphatic heterocycles. The Bertz CT molecular complexity index is 319. The average molecular weight is 232 g/mol. The molecule has 0 heterocycles. The van der Waals surface area contributed by atoms with Crippen LogP contribution in [0.25, 0.3) is 0 Å². The van der Waals surface area contributed by atoms with E-state index in [0.717, 1.165) is 5.56 Å². The van der Waals surface area contributed by atoms with Crippen LogP contribution in [-0.4, -0.2) is 12.5 Å². The number of nitrogens with one attached hydrogen (secondary N) is 1. The number of rotatable bonds is 3. The van der Waals surface area contributed by atoms with Gasteiger partial charge in [0.25, 0.3) is 0 Å². The normalized spacial score (nSPS) is 9.93. The van der Waals surface area contributed by atoms with Crippen molar-refractivity contribution in [2.75, 3.05) is 6.61 Å². The third kappa shape index (κ3) is 3.56. The van der Waals surface area contributed by atoms with Gasteiger partial charge in [0.1, 0.15) is 0 Å². The van der Waals surface area contributed by atoms with Gasteiger partial charge in [-0.05, 0) is 30.7 Å². The first-order valence-corrected chi connectivity index (χ1v) is 5.02. The van der Waals surface area contributed by atoms with Crippen molar-refractivity contribution in [1.82, 2.24) is 0 Å². The summed E-state index contributed by atoms with van der Waals surface area (Å²) in [6.45, 7) is 2.35. The van der Waals surface area contributed by atoms with E-state index in [1.54, 1.807) is 18.2 Å². The minimum atomic E-state index is 0.228. The lowest BCUT2D eigenvalue weighted by molar-refractivity contribution is 0.317. The summed E-state index contributed by atoms with van der Waals surface area (Å²) in [4.78, 5) is 0. The van der Waals surface area contributed by atoms with Crippen LogP contribution >= 0.6 is 23.2 Å². The third-order valence-electron chi connectivity index (χ3n) is 1.61. The zero-order chi connectivity index (χ0) is 10.6. The van der Waals surface area contributed by atoms with Crippen LogP contribution in [-0.2, 0) is 11.2 Å². The molecule has 4 heteroatoms. The summed E-state index contributed by atoms with van der Waals surface area (Å²) in [5.74, 6) is 0.228. The summed E-state index contributed by atoms with van der Waals surface area (Å²) in [7, 11) is 0. The molecule has 1 N–H and O–H groups in total. The zero-order valence-corrected chi connectivity index (χ0v) is 9.32. The van der Waals surface area contributed by atoms with Crippen LogP contribution in [0.2, 0.25) is 10.0 Å². The van der Waals surface area contributed by atoms with Gasteiger partial charge in [0.2, 0.25) is 0 Å². The Labute approximate surface area is 93.3 Å². The molecular formula is C10H11Cl2NO. The fourth-order valence-electron chi connectivity index (χ4n) is 1.12. The third-order valence-corrected chi connectivity index (χ3v) is 2.04. The quantitative estimate of drug-likeness (QED) is 0.627. The minimum Gasteiger partial charge on any atom is -0.481 e. The molecule has 0 atom stereocenters. The highest BCUT2D eigenvalue weighted by Crippen LogP contribution is 2.19. The number of ether oxygens (including phenoxy) is 1. The lowest BCUT2D eigenvalue weighted by atomic mass is 10.1. The molecule has 0 radical (unpaired) electrons. The Morgan fingerprint density at radius 3 is 2.36 bits per heavy atom. The lowest BCUT2D eigenvalue weighted by Crippen LogP contribution is -2.06. The van der Waals surface area contributed by atoms with E-state index in [-0.39, 0.29) is 5.90 Å². The van der Waals surface area contributed by atoms with Gasteiger partial charge in [-0.15, -0.1) is 0 Å². The van der Waals surface area contributed by atoms with E-state index in [0.29, 0.717) is 23.1 Å². The molecule has 0 amide bonds. The van der Waals surface area contributed by atoms with Gasteiger partial charge in [-0.1, -0.05) is 23.2 Å². The summed E-state index contributed by atoms with van der Waals surface area (Å²) < 4.78 is 5.02. The van der Waals surface area contributed by atoms with Crippen molar-refractivity contribution in [3.05, 3.63) is 33.8 Å². The van der Waals surface area contributed by atoms with Crippen molar-refractivity contribution < 1.29 is 4.74 Å². The maximum Gasteiger partial charge on any atom is 0.184 e. The highest BCUT2D eigenvalue weighted by molar-refractivity contribution is 6.34. The van der Waals surface area contributed by atoms with E-state index < -0.39 is 0 Å². The van der Waals surface area contributed by atoms with Crippen LogP contribution in [0.5, 0.6) is 0 Å². The van der Waals surface area contributed by atoms with Gasteiger partial charge < -0.3 is 4.74 Å². The van der Waals surface area contributed by atoms with E-state index in [2.05, 4.69) is 0 Å². The number of hydrogen-bond acceptors (Lipinski definition) is 2. The fraction of sp³-hybridized carbons (Fsp3) is 0.300. The molecule has 76 valence electrons. The molecule has 0 aromatic heterocycles. The Morgan fingerprint density at radius 2 is 1.86 bits per heavy atom. The van der Waals surface area contributed by atoms with Crippen LogP contribution in [0.1, 0.15) is 12.5 Å². The molecule has 0 fully saturated rings. The molecule has 0 aliphatic rings. The van der Waals surface area contributed by atoms with Crippen LogP contribution < -0.4 is 0 Å². The van der Waals surface area contributed by atoms with Crippen LogP contribution in [0.3, 0.4) is 0 Å². The smallest absolute Gasteiger partial charge is 0.184 e. The first-order chi connectivity index (χ1) is 6.61. The van der Waals surface area contributed by atoms with Crippen molar-refractivity contribution in [3.63, 3.8) is 0 Å². The maximum atomic E-state index is 7.46. The largest absolute Gasteiger partial charge is 0.481 e. The van der Waals surface area contributed by atoms with Gasteiger partial charge in [-0.25, -0.2) is 0 Å². The van der Waals surface area contributed by atoms with Gasteiger partial charge in [-0.3, -0.25) is 5.41 Å². The van der Waals surface area contributed by atoms with Crippen LogP contribution in [0.15, 0.2) is 18.2 Å². The summed E-state index contributed by atoms with van der Waals surface area (Å²) in [6.07, 6.45) is 0.425. The van der Waals surface area contributed by atoms with Crippen molar-refractivity contribution in [2.24, 2.45) is 0 Å². The molecule has 0 unspecified atom stereocenters. The molecule has 1 aromatic carbocycles. The minimum absolute atomic E-state index is 0.228. The van der Waals surface area contributed by atoms with E-state index in [1.165, 1.54) is 0 Å². The highest BCUT2D eigenvalue weighted by Gasteiger charge is 2.02. The second kappa shape index (κ2) is 5.23. The number of benzene rings is 1. The Hall–Kier alpha value is -0.730. The zero-order valence-electron chi connectivity index (χ0n) is 7.81. The lowest BCUT2D eigenvalue weighted by Gasteiger charge is -2.05. The molecule has 1 aromatic rings. The molecule has 0 saturated carbocycles. The predicted molar refractivity (Wildman–Crippen MR) is 59.5 cm³/mol. The molecule has 0 saturated heterocycles. The van der Waals surface area contributed by atoms with Gasteiger partial charge in [0, 0.05) is 16.5 Å². The molecule has 14 heavy (non-hydrogen) atoms. The van der Waals surface area contributed by atoms with E-state index in [1.807, 2.05) is 6.92 Å². The molecule has 2 nitrogen and oxygen atoms in total. The SMILES string of the molecule is CCOC(=N)Cc1cc(Cl)cc(Cl)c1. The first-order valence-electron chi connectivity index (χ1n) is 4.27. The van der Waals surface area contributed by atoms with E-state index in [9.17, 15) is 0 Å². The number of hydrogen-bond donors (Lipinski definition) is 1. The fourth-order valence-corrected chi connectivity index (χ4v) is 1.69. The van der Waals surface area contributed by atoms with Gasteiger partial charge >= 0.3 is 0 Å². The summed E-state index contributed by atoms with van der Waals surface area (Å²) >= 11 is 11.6.